The van der Waals surface area contributed by atoms with Gasteiger partial charge in [0.25, 0.3) is 0 Å². The van der Waals surface area contributed by atoms with Crippen molar-refractivity contribution < 1.29 is 36.6 Å². The molecule has 7 nitrogen and oxygen atoms in total. The normalized spacial score (nSPS) is 20.8. The fourth-order valence-electron chi connectivity index (χ4n) is 6.03. The number of hydrogen-bond acceptors (Lipinski definition) is 7. The molecule has 2 atom stereocenters. The molecule has 222 valence electrons. The molecule has 0 N–H and O–H groups in total. The zero-order valence-electron chi connectivity index (χ0n) is 23.9. The quantitative estimate of drug-likeness (QED) is 0.299. The molecule has 1 aliphatic carbocycles. The van der Waals surface area contributed by atoms with Crippen LogP contribution in [0, 0.1) is 18.7 Å². The van der Waals surface area contributed by atoms with Crippen LogP contribution in [0.5, 0.6) is 17.2 Å². The van der Waals surface area contributed by atoms with Gasteiger partial charge in [0.15, 0.2) is 9.84 Å². The number of halogens is 1. The Hall–Kier alpha value is -3.59. The summed E-state index contributed by atoms with van der Waals surface area (Å²) in [5.74, 6) is 1.25. The van der Waals surface area contributed by atoms with Crippen molar-refractivity contribution in [3.05, 3.63) is 76.6 Å². The smallest absolute Gasteiger partial charge is 0.309 e. The number of fused-ring (bicyclic) bond motifs is 3. The summed E-state index contributed by atoms with van der Waals surface area (Å²) in [5.41, 5.74) is 5.67. The molecule has 0 unspecified atom stereocenters. The zero-order chi connectivity index (χ0) is 29.4. The molecule has 2 heterocycles. The molecule has 0 radical (unpaired) electrons. The first-order valence-electron chi connectivity index (χ1n) is 14.6. The van der Waals surface area contributed by atoms with Gasteiger partial charge in [0.1, 0.15) is 35.8 Å². The fourth-order valence-corrected chi connectivity index (χ4v) is 7.47. The van der Waals surface area contributed by atoms with Gasteiger partial charge in [0.2, 0.25) is 0 Å². The van der Waals surface area contributed by atoms with Gasteiger partial charge in [-0.05, 0) is 91.3 Å². The number of carbonyl (C=O) groups is 1. The summed E-state index contributed by atoms with van der Waals surface area (Å²) in [4.78, 5) is 12.0. The summed E-state index contributed by atoms with van der Waals surface area (Å²) in [6, 6.07) is 14.8. The number of ether oxygens (including phenoxy) is 4. The minimum Gasteiger partial charge on any atom is -0.493 e. The molecule has 3 aliphatic rings. The topological polar surface area (TPSA) is 88.1 Å². The molecule has 2 aliphatic heterocycles. The lowest BCUT2D eigenvalue weighted by Crippen LogP contribution is -2.30. The highest BCUT2D eigenvalue weighted by atomic mass is 32.2. The summed E-state index contributed by atoms with van der Waals surface area (Å²) in [7, 11) is -2.95. The molecular weight excluding hydrogens is 559 g/mol. The molecule has 6 rings (SSSR count). The van der Waals surface area contributed by atoms with Crippen molar-refractivity contribution in [1.82, 2.24) is 0 Å². The Balaban J connectivity index is 1.16. The van der Waals surface area contributed by atoms with Gasteiger partial charge in [-0.1, -0.05) is 12.1 Å². The van der Waals surface area contributed by atoms with E-state index in [1.807, 2.05) is 31.2 Å². The third-order valence-electron chi connectivity index (χ3n) is 8.29. The van der Waals surface area contributed by atoms with Crippen molar-refractivity contribution in [2.45, 2.75) is 58.2 Å². The van der Waals surface area contributed by atoms with Gasteiger partial charge in [-0.3, -0.25) is 4.79 Å². The lowest BCUT2D eigenvalue weighted by atomic mass is 9.92. The van der Waals surface area contributed by atoms with E-state index in [9.17, 15) is 17.6 Å². The lowest BCUT2D eigenvalue weighted by molar-refractivity contribution is -0.144. The Kier molecular flexibility index (Phi) is 7.87. The van der Waals surface area contributed by atoms with Gasteiger partial charge in [-0.2, -0.15) is 0 Å². The lowest BCUT2D eigenvalue weighted by Gasteiger charge is -2.24. The predicted molar refractivity (Wildman–Crippen MR) is 156 cm³/mol. The fraction of sp³-hybridized carbons (Fsp3) is 0.424. The third-order valence-corrected chi connectivity index (χ3v) is 10.0. The SMILES string of the molecule is CCOC(=O)[C@H]1C[C@@H]1c1ccc(OCc2ccc3c(c2)-c2c(C)cc(OC4CCS(=O)(=O)CC4)cc2CCO3)cc1F. The van der Waals surface area contributed by atoms with Crippen LogP contribution in [-0.4, -0.2) is 45.2 Å². The van der Waals surface area contributed by atoms with Crippen molar-refractivity contribution in [3.63, 3.8) is 0 Å². The Bertz CT molecular complexity index is 1600. The Morgan fingerprint density at radius 1 is 1.05 bits per heavy atom. The van der Waals surface area contributed by atoms with E-state index < -0.39 is 9.84 Å². The average Bonchev–Trinajstić information content (AvgIpc) is 3.76. The van der Waals surface area contributed by atoms with Gasteiger partial charge in [0.05, 0.1) is 30.6 Å². The van der Waals surface area contributed by atoms with Crippen molar-refractivity contribution in [2.75, 3.05) is 24.7 Å². The summed E-state index contributed by atoms with van der Waals surface area (Å²) in [6.45, 7) is 4.92. The Morgan fingerprint density at radius 2 is 1.86 bits per heavy atom. The average molecular weight is 595 g/mol. The summed E-state index contributed by atoms with van der Waals surface area (Å²) in [5, 5.41) is 0. The molecule has 0 aromatic heterocycles. The first-order valence-corrected chi connectivity index (χ1v) is 16.4. The van der Waals surface area contributed by atoms with Crippen LogP contribution in [0.25, 0.3) is 11.1 Å². The van der Waals surface area contributed by atoms with Crippen LogP contribution in [0.4, 0.5) is 4.39 Å². The summed E-state index contributed by atoms with van der Waals surface area (Å²) in [6.07, 6.45) is 2.24. The molecule has 0 bridgehead atoms. The van der Waals surface area contributed by atoms with Gasteiger partial charge < -0.3 is 18.9 Å². The highest BCUT2D eigenvalue weighted by Gasteiger charge is 2.46. The minimum absolute atomic E-state index is 0.105. The second kappa shape index (κ2) is 11.6. The van der Waals surface area contributed by atoms with E-state index in [0.717, 1.165) is 45.7 Å². The maximum absolute atomic E-state index is 14.9. The van der Waals surface area contributed by atoms with E-state index in [4.69, 9.17) is 18.9 Å². The van der Waals surface area contributed by atoms with Gasteiger partial charge in [-0.15, -0.1) is 0 Å². The maximum Gasteiger partial charge on any atom is 0.309 e. The Labute approximate surface area is 245 Å². The van der Waals surface area contributed by atoms with Crippen LogP contribution in [-0.2, 0) is 32.4 Å². The number of esters is 1. The Morgan fingerprint density at radius 3 is 2.62 bits per heavy atom. The van der Waals surface area contributed by atoms with Crippen molar-refractivity contribution >= 4 is 15.8 Å². The van der Waals surface area contributed by atoms with E-state index in [2.05, 4.69) is 6.07 Å². The van der Waals surface area contributed by atoms with E-state index in [0.29, 0.717) is 43.8 Å². The monoisotopic (exact) mass is 594 g/mol. The summed E-state index contributed by atoms with van der Waals surface area (Å²) < 4.78 is 61.8. The molecule has 3 aromatic carbocycles. The van der Waals surface area contributed by atoms with Gasteiger partial charge >= 0.3 is 5.97 Å². The number of rotatable bonds is 8. The third kappa shape index (κ3) is 6.11. The predicted octanol–water partition coefficient (Wildman–Crippen LogP) is 5.94. The van der Waals surface area contributed by atoms with Gasteiger partial charge in [-0.25, -0.2) is 12.8 Å². The minimum atomic E-state index is -2.95. The van der Waals surface area contributed by atoms with E-state index in [1.54, 1.807) is 19.1 Å². The van der Waals surface area contributed by atoms with Crippen LogP contribution in [0.1, 0.15) is 54.4 Å². The number of hydrogen-bond donors (Lipinski definition) is 0. The van der Waals surface area contributed by atoms with Crippen LogP contribution in [0.2, 0.25) is 0 Å². The standard InChI is InChI=1S/C33H35FO7S/c1-3-38-33(35)28-18-27(28)26-6-5-24(17-30(26)34)40-19-21-4-7-31-29(15-21)32-20(2)14-25(16-22(32)8-11-39-31)41-23-9-12-42(36,37)13-10-23/h4-7,14-17,23,27-28H,3,8-13,18-19H2,1-2H3/t27-,28+/m1/s1. The number of sulfone groups is 1. The van der Waals surface area contributed by atoms with Crippen molar-refractivity contribution in [1.29, 1.82) is 0 Å². The molecule has 3 aromatic rings. The second-order valence-electron chi connectivity index (χ2n) is 11.3. The zero-order valence-corrected chi connectivity index (χ0v) is 24.7. The molecule has 2 fully saturated rings. The molecular formula is C33H35FO7S. The molecule has 1 saturated carbocycles. The first-order chi connectivity index (χ1) is 20.2. The number of aryl methyl sites for hydroxylation is 1. The molecule has 0 spiro atoms. The maximum atomic E-state index is 14.9. The van der Waals surface area contributed by atoms with Crippen molar-refractivity contribution in [3.8, 4) is 28.4 Å². The first kappa shape index (κ1) is 28.5. The largest absolute Gasteiger partial charge is 0.493 e. The van der Waals surface area contributed by atoms with E-state index in [1.165, 1.54) is 6.07 Å². The van der Waals surface area contributed by atoms with E-state index >= 15 is 0 Å². The van der Waals surface area contributed by atoms with Crippen LogP contribution < -0.4 is 14.2 Å². The number of carbonyl (C=O) groups excluding carboxylic acids is 1. The van der Waals surface area contributed by atoms with Crippen molar-refractivity contribution in [2.24, 2.45) is 5.92 Å². The van der Waals surface area contributed by atoms with Crippen LogP contribution >= 0.6 is 0 Å². The molecule has 0 amide bonds. The van der Waals surface area contributed by atoms with Gasteiger partial charge in [0, 0.05) is 24.0 Å². The highest BCUT2D eigenvalue weighted by molar-refractivity contribution is 7.91. The van der Waals surface area contributed by atoms with Crippen LogP contribution in [0.3, 0.4) is 0 Å². The molecule has 9 heteroatoms. The molecule has 42 heavy (non-hydrogen) atoms. The second-order valence-corrected chi connectivity index (χ2v) is 13.6. The highest BCUT2D eigenvalue weighted by Crippen LogP contribution is 2.49. The summed E-state index contributed by atoms with van der Waals surface area (Å²) >= 11 is 0. The molecule has 1 saturated heterocycles. The van der Waals surface area contributed by atoms with Crippen LogP contribution in [0.15, 0.2) is 48.5 Å². The number of benzene rings is 3. The van der Waals surface area contributed by atoms with E-state index in [-0.39, 0.29) is 47.8 Å².